The quantitative estimate of drug-likeness (QED) is 0.522. The Labute approximate surface area is 186 Å². The molecule has 31 heavy (non-hydrogen) atoms. The lowest BCUT2D eigenvalue weighted by molar-refractivity contribution is -0.115. The summed E-state index contributed by atoms with van der Waals surface area (Å²) in [6, 6.07) is 18.5. The predicted octanol–water partition coefficient (Wildman–Crippen LogP) is 5.68. The van der Waals surface area contributed by atoms with E-state index in [0.717, 1.165) is 16.0 Å². The van der Waals surface area contributed by atoms with Crippen molar-refractivity contribution in [3.8, 4) is 11.8 Å². The first-order valence-corrected chi connectivity index (χ1v) is 10.7. The van der Waals surface area contributed by atoms with Gasteiger partial charge in [-0.15, -0.1) is 11.3 Å². The molecule has 2 amide bonds. The molecule has 1 aromatic heterocycles. The van der Waals surface area contributed by atoms with Gasteiger partial charge in [-0.2, -0.15) is 0 Å². The number of carbonyl (C=O) groups excluding carboxylic acids is 2. The molecule has 0 atom stereocenters. The number of benzene rings is 2. The van der Waals surface area contributed by atoms with Crippen molar-refractivity contribution in [3.63, 3.8) is 0 Å². The van der Waals surface area contributed by atoms with Gasteiger partial charge in [-0.05, 0) is 68.1 Å². The van der Waals surface area contributed by atoms with E-state index in [9.17, 15) is 9.59 Å². The highest BCUT2D eigenvalue weighted by Gasteiger charge is 2.16. The van der Waals surface area contributed by atoms with Gasteiger partial charge in [0.2, 0.25) is 5.91 Å². The third kappa shape index (κ3) is 7.65. The van der Waals surface area contributed by atoms with E-state index in [4.69, 9.17) is 4.74 Å². The van der Waals surface area contributed by atoms with E-state index in [0.29, 0.717) is 11.4 Å². The zero-order valence-corrected chi connectivity index (χ0v) is 18.5. The Balaban J connectivity index is 1.55. The van der Waals surface area contributed by atoms with Gasteiger partial charge in [0, 0.05) is 16.9 Å². The second-order valence-electron chi connectivity index (χ2n) is 7.86. The summed E-state index contributed by atoms with van der Waals surface area (Å²) in [6.07, 6.45) is -0.294. The molecule has 2 N–H and O–H groups in total. The molecule has 0 bridgehead atoms. The maximum absolute atomic E-state index is 12.4. The van der Waals surface area contributed by atoms with Crippen LogP contribution in [0.1, 0.15) is 36.8 Å². The Hall–Kier alpha value is -3.56. The van der Waals surface area contributed by atoms with Crippen LogP contribution in [0.3, 0.4) is 0 Å². The van der Waals surface area contributed by atoms with Crippen LogP contribution in [0.5, 0.6) is 0 Å². The van der Waals surface area contributed by atoms with Crippen molar-refractivity contribution >= 4 is 34.7 Å². The van der Waals surface area contributed by atoms with Crippen LogP contribution in [-0.2, 0) is 16.0 Å². The number of hydrogen-bond donors (Lipinski definition) is 2. The molecule has 0 saturated carbocycles. The van der Waals surface area contributed by atoms with Crippen molar-refractivity contribution in [2.45, 2.75) is 32.8 Å². The first-order chi connectivity index (χ1) is 14.8. The molecule has 6 heteroatoms. The Morgan fingerprint density at radius 2 is 1.71 bits per heavy atom. The molecule has 0 aliphatic heterocycles. The maximum atomic E-state index is 12.4. The summed E-state index contributed by atoms with van der Waals surface area (Å²) in [5.74, 6) is 6.09. The number of carbonyl (C=O) groups is 2. The minimum absolute atomic E-state index is 0.129. The Kier molecular flexibility index (Phi) is 7.11. The SMILES string of the molecule is CC(C)(C)OC(=O)Nc1ccc(CC(=O)Nc2cccc(C#Cc3cccs3)c2)cc1. The van der Waals surface area contributed by atoms with Gasteiger partial charge in [-0.1, -0.05) is 36.1 Å². The molecule has 0 spiro atoms. The summed E-state index contributed by atoms with van der Waals surface area (Å²) in [6.45, 7) is 5.42. The second-order valence-corrected chi connectivity index (χ2v) is 8.80. The molecule has 0 radical (unpaired) electrons. The molecule has 0 aliphatic rings. The fraction of sp³-hybridized carbons (Fsp3) is 0.200. The van der Waals surface area contributed by atoms with E-state index < -0.39 is 11.7 Å². The van der Waals surface area contributed by atoms with Gasteiger partial charge >= 0.3 is 6.09 Å². The number of anilines is 2. The van der Waals surface area contributed by atoms with Crippen molar-refractivity contribution in [1.29, 1.82) is 0 Å². The average molecular weight is 433 g/mol. The van der Waals surface area contributed by atoms with Gasteiger partial charge in [-0.25, -0.2) is 4.79 Å². The van der Waals surface area contributed by atoms with Crippen LogP contribution in [0.4, 0.5) is 16.2 Å². The van der Waals surface area contributed by atoms with Gasteiger partial charge in [0.25, 0.3) is 0 Å². The third-order valence-corrected chi connectivity index (χ3v) is 4.75. The topological polar surface area (TPSA) is 67.4 Å². The normalized spacial score (nSPS) is 10.5. The largest absolute Gasteiger partial charge is 0.444 e. The molecule has 1 heterocycles. The minimum Gasteiger partial charge on any atom is -0.444 e. The minimum atomic E-state index is -0.561. The Bertz CT molecular complexity index is 1100. The fourth-order valence-corrected chi connectivity index (χ4v) is 3.25. The average Bonchev–Trinajstić information content (AvgIpc) is 3.20. The monoisotopic (exact) mass is 432 g/mol. The van der Waals surface area contributed by atoms with Crippen LogP contribution < -0.4 is 10.6 Å². The number of ether oxygens (including phenoxy) is 1. The summed E-state index contributed by atoms with van der Waals surface area (Å²) in [4.78, 5) is 25.2. The van der Waals surface area contributed by atoms with Crippen LogP contribution in [0.2, 0.25) is 0 Å². The van der Waals surface area contributed by atoms with Crippen LogP contribution in [0.25, 0.3) is 0 Å². The van der Waals surface area contributed by atoms with Crippen molar-refractivity contribution < 1.29 is 14.3 Å². The fourth-order valence-electron chi connectivity index (χ4n) is 2.68. The van der Waals surface area contributed by atoms with E-state index >= 15 is 0 Å². The highest BCUT2D eigenvalue weighted by atomic mass is 32.1. The van der Waals surface area contributed by atoms with E-state index in [1.165, 1.54) is 0 Å². The van der Waals surface area contributed by atoms with Crippen molar-refractivity contribution in [2.24, 2.45) is 0 Å². The number of amides is 2. The molecule has 0 saturated heterocycles. The van der Waals surface area contributed by atoms with Crippen LogP contribution >= 0.6 is 11.3 Å². The van der Waals surface area contributed by atoms with Crippen LogP contribution in [0, 0.1) is 11.8 Å². The summed E-state index contributed by atoms with van der Waals surface area (Å²) in [7, 11) is 0. The van der Waals surface area contributed by atoms with Crippen LogP contribution in [0.15, 0.2) is 66.0 Å². The van der Waals surface area contributed by atoms with Crippen LogP contribution in [-0.4, -0.2) is 17.6 Å². The number of hydrogen-bond acceptors (Lipinski definition) is 4. The zero-order chi connectivity index (χ0) is 22.3. The van der Waals surface area contributed by atoms with E-state index in [2.05, 4.69) is 22.5 Å². The maximum Gasteiger partial charge on any atom is 0.412 e. The molecule has 0 aliphatic carbocycles. The van der Waals surface area contributed by atoms with Crippen molar-refractivity contribution in [2.75, 3.05) is 10.6 Å². The predicted molar refractivity (Wildman–Crippen MR) is 125 cm³/mol. The Morgan fingerprint density at radius 3 is 2.39 bits per heavy atom. The summed E-state index contributed by atoms with van der Waals surface area (Å²) < 4.78 is 5.23. The molecular weight excluding hydrogens is 408 g/mol. The van der Waals surface area contributed by atoms with Gasteiger partial charge < -0.3 is 10.1 Å². The highest BCUT2D eigenvalue weighted by Crippen LogP contribution is 2.15. The molecule has 2 aromatic carbocycles. The van der Waals surface area contributed by atoms with Gasteiger partial charge in [0.15, 0.2) is 0 Å². The van der Waals surface area contributed by atoms with Crippen molar-refractivity contribution in [1.82, 2.24) is 0 Å². The second kappa shape index (κ2) is 9.96. The lowest BCUT2D eigenvalue weighted by Gasteiger charge is -2.19. The number of nitrogens with one attached hydrogen (secondary N) is 2. The first kappa shape index (κ1) is 22.1. The molecule has 5 nitrogen and oxygen atoms in total. The van der Waals surface area contributed by atoms with E-state index in [1.807, 2.05) is 41.8 Å². The van der Waals surface area contributed by atoms with Crippen molar-refractivity contribution in [3.05, 3.63) is 82.0 Å². The number of rotatable bonds is 4. The summed E-state index contributed by atoms with van der Waals surface area (Å²) in [5, 5.41) is 7.56. The zero-order valence-electron chi connectivity index (χ0n) is 17.7. The molecule has 3 rings (SSSR count). The van der Waals surface area contributed by atoms with Gasteiger partial charge in [0.1, 0.15) is 5.60 Å². The standard InChI is InChI=1S/C25H24N2O3S/c1-25(2,3)30-24(29)27-20-12-9-19(10-13-20)17-23(28)26-21-7-4-6-18(16-21)11-14-22-8-5-15-31-22/h4-10,12-13,15-16H,17H2,1-3H3,(H,26,28)(H,27,29). The third-order valence-electron chi connectivity index (χ3n) is 3.96. The molecule has 0 unspecified atom stereocenters. The summed E-state index contributed by atoms with van der Waals surface area (Å²) >= 11 is 1.59. The smallest absolute Gasteiger partial charge is 0.412 e. The first-order valence-electron chi connectivity index (χ1n) is 9.81. The molecular formula is C25H24N2O3S. The lowest BCUT2D eigenvalue weighted by Crippen LogP contribution is -2.27. The van der Waals surface area contributed by atoms with E-state index in [-0.39, 0.29) is 12.3 Å². The summed E-state index contributed by atoms with van der Waals surface area (Å²) in [5.41, 5.74) is 2.42. The Morgan fingerprint density at radius 1 is 0.935 bits per heavy atom. The highest BCUT2D eigenvalue weighted by molar-refractivity contribution is 7.10. The molecule has 3 aromatic rings. The van der Waals surface area contributed by atoms with Gasteiger partial charge in [0.05, 0.1) is 11.3 Å². The van der Waals surface area contributed by atoms with E-state index in [1.54, 1.807) is 56.4 Å². The lowest BCUT2D eigenvalue weighted by atomic mass is 10.1. The molecule has 158 valence electrons. The molecule has 0 fully saturated rings. The number of thiophene rings is 1. The van der Waals surface area contributed by atoms with Gasteiger partial charge in [-0.3, -0.25) is 10.1 Å².